The molecule has 0 saturated heterocycles. The molecule has 0 aliphatic rings. The normalized spacial score (nSPS) is 10.5. The van der Waals surface area contributed by atoms with E-state index in [1.165, 1.54) is 6.33 Å². The fourth-order valence-corrected chi connectivity index (χ4v) is 2.30. The van der Waals surface area contributed by atoms with Crippen molar-refractivity contribution in [3.05, 3.63) is 42.4 Å². The second-order valence-electron chi connectivity index (χ2n) is 5.55. The van der Waals surface area contributed by atoms with Crippen molar-refractivity contribution in [1.29, 1.82) is 0 Å². The topological polar surface area (TPSA) is 67.4 Å². The molecule has 0 aliphatic heterocycles. The molecule has 0 bridgehead atoms. The number of aromatic nitrogens is 2. The molecule has 2 rings (SSSR count). The Morgan fingerprint density at radius 2 is 1.92 bits per heavy atom. The molecule has 6 nitrogen and oxygen atoms in total. The summed E-state index contributed by atoms with van der Waals surface area (Å²) in [7, 11) is 0. The fourth-order valence-electron chi connectivity index (χ4n) is 2.30. The maximum absolute atomic E-state index is 12.5. The van der Waals surface area contributed by atoms with Crippen molar-refractivity contribution in [2.75, 3.05) is 23.3 Å². The number of hydrogen-bond donors (Lipinski definition) is 1. The quantitative estimate of drug-likeness (QED) is 0.844. The highest BCUT2D eigenvalue weighted by Crippen LogP contribution is 2.25. The Labute approximate surface area is 142 Å². The van der Waals surface area contributed by atoms with Crippen LogP contribution in [-0.2, 0) is 0 Å². The van der Waals surface area contributed by atoms with Crippen molar-refractivity contribution in [2.24, 2.45) is 0 Å². The molecular formula is C18H24N4O2. The lowest BCUT2D eigenvalue weighted by molar-refractivity contribution is 0.102. The molecule has 0 fully saturated rings. The summed E-state index contributed by atoms with van der Waals surface area (Å²) in [5, 5.41) is 2.86. The monoisotopic (exact) mass is 328 g/mol. The minimum Gasteiger partial charge on any atom is -0.489 e. The molecule has 0 atom stereocenters. The van der Waals surface area contributed by atoms with E-state index in [1.54, 1.807) is 6.07 Å². The van der Waals surface area contributed by atoms with E-state index >= 15 is 0 Å². The molecule has 1 amide bonds. The number of nitrogens with one attached hydrogen (secondary N) is 1. The molecule has 128 valence electrons. The SMILES string of the molecule is CCN(CC)c1cc(C(=O)Nc2ccccc2OC(C)C)ncn1. The number of carbonyl (C=O) groups excluding carboxylic acids is 1. The number of anilines is 2. The van der Waals surface area contributed by atoms with Gasteiger partial charge in [0.2, 0.25) is 0 Å². The first-order valence-electron chi connectivity index (χ1n) is 8.19. The van der Waals surface area contributed by atoms with Gasteiger partial charge in [0.1, 0.15) is 23.6 Å². The summed E-state index contributed by atoms with van der Waals surface area (Å²) < 4.78 is 5.72. The summed E-state index contributed by atoms with van der Waals surface area (Å²) in [6.07, 6.45) is 1.44. The lowest BCUT2D eigenvalue weighted by Gasteiger charge is -2.19. The minimum atomic E-state index is -0.286. The standard InChI is InChI=1S/C18H24N4O2/c1-5-22(6-2)17-11-15(19-12-20-17)18(23)21-14-9-7-8-10-16(14)24-13(3)4/h7-13H,5-6H2,1-4H3,(H,21,23). The van der Waals surface area contributed by atoms with Gasteiger partial charge in [-0.2, -0.15) is 0 Å². The fraction of sp³-hybridized carbons (Fsp3) is 0.389. The predicted octanol–water partition coefficient (Wildman–Crippen LogP) is 3.36. The molecule has 0 unspecified atom stereocenters. The van der Waals surface area contributed by atoms with Crippen molar-refractivity contribution >= 4 is 17.4 Å². The van der Waals surface area contributed by atoms with E-state index in [2.05, 4.69) is 20.2 Å². The zero-order valence-electron chi connectivity index (χ0n) is 14.6. The second kappa shape index (κ2) is 8.29. The third kappa shape index (κ3) is 4.44. The van der Waals surface area contributed by atoms with Gasteiger partial charge in [0.15, 0.2) is 0 Å². The van der Waals surface area contributed by atoms with Crippen molar-refractivity contribution < 1.29 is 9.53 Å². The van der Waals surface area contributed by atoms with Crippen LogP contribution >= 0.6 is 0 Å². The third-order valence-electron chi connectivity index (χ3n) is 3.47. The van der Waals surface area contributed by atoms with Crippen molar-refractivity contribution in [2.45, 2.75) is 33.8 Å². The third-order valence-corrected chi connectivity index (χ3v) is 3.47. The average Bonchev–Trinajstić information content (AvgIpc) is 2.57. The van der Waals surface area contributed by atoms with Gasteiger partial charge >= 0.3 is 0 Å². The summed E-state index contributed by atoms with van der Waals surface area (Å²) in [4.78, 5) is 22.9. The van der Waals surface area contributed by atoms with E-state index in [0.717, 1.165) is 18.9 Å². The Morgan fingerprint density at radius 3 is 2.58 bits per heavy atom. The summed E-state index contributed by atoms with van der Waals surface area (Å²) >= 11 is 0. The number of benzene rings is 1. The Kier molecular flexibility index (Phi) is 6.12. The van der Waals surface area contributed by atoms with E-state index in [-0.39, 0.29) is 12.0 Å². The lowest BCUT2D eigenvalue weighted by atomic mass is 10.2. The highest BCUT2D eigenvalue weighted by atomic mass is 16.5. The number of ether oxygens (including phenoxy) is 1. The van der Waals surface area contributed by atoms with E-state index in [4.69, 9.17) is 4.74 Å². The van der Waals surface area contributed by atoms with Gasteiger partial charge in [0.25, 0.3) is 5.91 Å². The first-order chi connectivity index (χ1) is 11.5. The summed E-state index contributed by atoms with van der Waals surface area (Å²) in [5.41, 5.74) is 0.949. The number of amides is 1. The Morgan fingerprint density at radius 1 is 1.21 bits per heavy atom. The molecule has 0 saturated carbocycles. The number of para-hydroxylation sites is 2. The largest absolute Gasteiger partial charge is 0.489 e. The highest BCUT2D eigenvalue weighted by molar-refractivity contribution is 6.04. The van der Waals surface area contributed by atoms with E-state index < -0.39 is 0 Å². The van der Waals surface area contributed by atoms with Gasteiger partial charge in [-0.1, -0.05) is 12.1 Å². The minimum absolute atomic E-state index is 0.0244. The smallest absolute Gasteiger partial charge is 0.274 e. The van der Waals surface area contributed by atoms with Gasteiger partial charge in [-0.25, -0.2) is 9.97 Å². The van der Waals surface area contributed by atoms with Gasteiger partial charge < -0.3 is 15.0 Å². The van der Waals surface area contributed by atoms with E-state index in [1.807, 2.05) is 52.0 Å². The molecule has 1 heterocycles. The zero-order valence-corrected chi connectivity index (χ0v) is 14.6. The first kappa shape index (κ1) is 17.7. The molecular weight excluding hydrogens is 304 g/mol. The molecule has 6 heteroatoms. The number of rotatable bonds is 7. The predicted molar refractivity (Wildman–Crippen MR) is 95.8 cm³/mol. The van der Waals surface area contributed by atoms with Crippen LogP contribution in [0.25, 0.3) is 0 Å². The van der Waals surface area contributed by atoms with E-state index in [9.17, 15) is 4.79 Å². The van der Waals surface area contributed by atoms with Gasteiger partial charge in [-0.3, -0.25) is 4.79 Å². The van der Waals surface area contributed by atoms with Crippen LogP contribution in [0.4, 0.5) is 11.5 Å². The molecule has 0 aliphatic carbocycles. The van der Waals surface area contributed by atoms with Gasteiger partial charge in [0, 0.05) is 19.2 Å². The Balaban J connectivity index is 2.20. The second-order valence-corrected chi connectivity index (χ2v) is 5.55. The summed E-state index contributed by atoms with van der Waals surface area (Å²) in [6.45, 7) is 9.62. The van der Waals surface area contributed by atoms with Crippen LogP contribution < -0.4 is 15.0 Å². The van der Waals surface area contributed by atoms with E-state index in [0.29, 0.717) is 17.1 Å². The van der Waals surface area contributed by atoms with Crippen molar-refractivity contribution in [3.8, 4) is 5.75 Å². The van der Waals surface area contributed by atoms with Gasteiger partial charge in [-0.15, -0.1) is 0 Å². The zero-order chi connectivity index (χ0) is 17.5. The van der Waals surface area contributed by atoms with Crippen LogP contribution in [0.1, 0.15) is 38.2 Å². The molecule has 0 radical (unpaired) electrons. The van der Waals surface area contributed by atoms with Crippen LogP contribution in [-0.4, -0.2) is 35.1 Å². The van der Waals surface area contributed by atoms with Crippen molar-refractivity contribution in [1.82, 2.24) is 9.97 Å². The lowest BCUT2D eigenvalue weighted by Crippen LogP contribution is -2.24. The van der Waals surface area contributed by atoms with Gasteiger partial charge in [-0.05, 0) is 39.8 Å². The van der Waals surface area contributed by atoms with Crippen LogP contribution in [0.2, 0.25) is 0 Å². The van der Waals surface area contributed by atoms with Crippen molar-refractivity contribution in [3.63, 3.8) is 0 Å². The number of hydrogen-bond acceptors (Lipinski definition) is 5. The first-order valence-corrected chi connectivity index (χ1v) is 8.19. The van der Waals surface area contributed by atoms with Gasteiger partial charge in [0.05, 0.1) is 11.8 Å². The molecule has 24 heavy (non-hydrogen) atoms. The number of nitrogens with zero attached hydrogens (tertiary/aromatic N) is 3. The molecule has 0 spiro atoms. The Bertz CT molecular complexity index is 684. The summed E-state index contributed by atoms with van der Waals surface area (Å²) in [6, 6.07) is 9.06. The maximum atomic E-state index is 12.5. The van der Waals surface area contributed by atoms with Crippen LogP contribution in [0.3, 0.4) is 0 Å². The van der Waals surface area contributed by atoms with Crippen LogP contribution in [0, 0.1) is 0 Å². The molecule has 2 aromatic rings. The number of carbonyl (C=O) groups is 1. The average molecular weight is 328 g/mol. The molecule has 1 N–H and O–H groups in total. The van der Waals surface area contributed by atoms with Crippen LogP contribution in [0.15, 0.2) is 36.7 Å². The molecule has 1 aromatic carbocycles. The highest BCUT2D eigenvalue weighted by Gasteiger charge is 2.14. The maximum Gasteiger partial charge on any atom is 0.274 e. The summed E-state index contributed by atoms with van der Waals surface area (Å²) in [5.74, 6) is 1.09. The molecule has 1 aromatic heterocycles. The van der Waals surface area contributed by atoms with Crippen LogP contribution in [0.5, 0.6) is 5.75 Å². The Hall–Kier alpha value is -2.63.